The number of carbonyl (C=O) groups excluding carboxylic acids is 2. The molecule has 44 heavy (non-hydrogen) atoms. The lowest BCUT2D eigenvalue weighted by molar-refractivity contribution is -0.140. The lowest BCUT2D eigenvalue weighted by Gasteiger charge is -2.34. The predicted molar refractivity (Wildman–Crippen MR) is 176 cm³/mol. The van der Waals surface area contributed by atoms with Crippen molar-refractivity contribution in [3.63, 3.8) is 0 Å². The monoisotopic (exact) mass is 631 g/mol. The van der Waals surface area contributed by atoms with Gasteiger partial charge in [0, 0.05) is 24.0 Å². The van der Waals surface area contributed by atoms with Gasteiger partial charge in [0.05, 0.1) is 10.6 Å². The summed E-state index contributed by atoms with van der Waals surface area (Å²) in [7, 11) is -4.20. The smallest absolute Gasteiger partial charge is 0.264 e. The van der Waals surface area contributed by atoms with E-state index >= 15 is 0 Å². The SMILES string of the molecule is CCC(C)NC(=O)C(Cc1ccccc1)N(Cc1ccccc1)C(=O)CN(c1cc(Cl)ccc1C)S(=O)(=O)c1ccccc1. The van der Waals surface area contributed by atoms with Crippen LogP contribution in [0, 0.1) is 6.92 Å². The predicted octanol–water partition coefficient (Wildman–Crippen LogP) is 6.40. The first-order chi connectivity index (χ1) is 21.1. The van der Waals surface area contributed by atoms with Crippen molar-refractivity contribution in [3.8, 4) is 0 Å². The Labute approximate surface area is 265 Å². The third-order valence-corrected chi connectivity index (χ3v) is 9.53. The summed E-state index contributed by atoms with van der Waals surface area (Å²) in [4.78, 5) is 29.9. The zero-order chi connectivity index (χ0) is 31.7. The van der Waals surface area contributed by atoms with Crippen LogP contribution in [0.1, 0.15) is 37.0 Å². The number of rotatable bonds is 13. The quantitative estimate of drug-likeness (QED) is 0.185. The van der Waals surface area contributed by atoms with Gasteiger partial charge in [-0.2, -0.15) is 0 Å². The number of hydrogen-bond donors (Lipinski definition) is 1. The topological polar surface area (TPSA) is 86.8 Å². The average Bonchev–Trinajstić information content (AvgIpc) is 3.03. The molecular formula is C35H38ClN3O4S. The fourth-order valence-corrected chi connectivity index (χ4v) is 6.52. The van der Waals surface area contributed by atoms with E-state index in [1.54, 1.807) is 43.3 Å². The highest BCUT2D eigenvalue weighted by Crippen LogP contribution is 2.30. The first-order valence-corrected chi connectivity index (χ1v) is 16.4. The number of nitrogens with one attached hydrogen (secondary N) is 1. The molecule has 0 heterocycles. The van der Waals surface area contributed by atoms with Crippen LogP contribution in [0.5, 0.6) is 0 Å². The van der Waals surface area contributed by atoms with Crippen molar-refractivity contribution >= 4 is 39.1 Å². The first-order valence-electron chi connectivity index (χ1n) is 14.6. The lowest BCUT2D eigenvalue weighted by atomic mass is 10.0. The molecule has 230 valence electrons. The van der Waals surface area contributed by atoms with Gasteiger partial charge >= 0.3 is 0 Å². The van der Waals surface area contributed by atoms with Crippen molar-refractivity contribution in [1.29, 1.82) is 0 Å². The molecule has 0 aliphatic heterocycles. The number of benzene rings is 4. The molecule has 0 bridgehead atoms. The van der Waals surface area contributed by atoms with Gasteiger partial charge in [-0.05, 0) is 61.2 Å². The molecular weight excluding hydrogens is 594 g/mol. The maximum absolute atomic E-state index is 14.5. The van der Waals surface area contributed by atoms with Gasteiger partial charge in [-0.25, -0.2) is 8.42 Å². The van der Waals surface area contributed by atoms with Gasteiger partial charge in [0.25, 0.3) is 10.0 Å². The van der Waals surface area contributed by atoms with Gasteiger partial charge in [-0.15, -0.1) is 0 Å². The molecule has 4 rings (SSSR count). The molecule has 0 aliphatic rings. The van der Waals surface area contributed by atoms with Crippen molar-refractivity contribution in [3.05, 3.63) is 131 Å². The molecule has 0 saturated heterocycles. The summed E-state index contributed by atoms with van der Waals surface area (Å²) in [5.41, 5.74) is 2.61. The van der Waals surface area contributed by atoms with Gasteiger partial charge < -0.3 is 10.2 Å². The van der Waals surface area contributed by atoms with E-state index in [0.29, 0.717) is 17.0 Å². The summed E-state index contributed by atoms with van der Waals surface area (Å²) in [6.07, 6.45) is 0.969. The van der Waals surface area contributed by atoms with Crippen LogP contribution in [-0.4, -0.2) is 43.8 Å². The van der Waals surface area contributed by atoms with Gasteiger partial charge in [0.2, 0.25) is 11.8 Å². The Balaban J connectivity index is 1.82. The van der Waals surface area contributed by atoms with Crippen LogP contribution in [0.4, 0.5) is 5.69 Å². The van der Waals surface area contributed by atoms with E-state index in [2.05, 4.69) is 5.32 Å². The third-order valence-electron chi connectivity index (χ3n) is 7.52. The Hall–Kier alpha value is -4.14. The first kappa shape index (κ1) is 32.8. The van der Waals surface area contributed by atoms with Gasteiger partial charge in [0.1, 0.15) is 12.6 Å². The molecule has 0 radical (unpaired) electrons. The molecule has 2 amide bonds. The normalized spacial score (nSPS) is 12.6. The summed E-state index contributed by atoms with van der Waals surface area (Å²) in [5, 5.41) is 3.38. The summed E-state index contributed by atoms with van der Waals surface area (Å²) in [5.74, 6) is -0.822. The molecule has 1 N–H and O–H groups in total. The Morgan fingerprint density at radius 3 is 2.00 bits per heavy atom. The Bertz CT molecular complexity index is 1650. The zero-order valence-electron chi connectivity index (χ0n) is 25.2. The number of anilines is 1. The molecule has 2 unspecified atom stereocenters. The number of amides is 2. The second-order valence-electron chi connectivity index (χ2n) is 10.8. The lowest BCUT2D eigenvalue weighted by Crippen LogP contribution is -2.54. The highest BCUT2D eigenvalue weighted by atomic mass is 35.5. The van der Waals surface area contributed by atoms with Crippen molar-refractivity contribution in [2.45, 2.75) is 57.1 Å². The third kappa shape index (κ3) is 8.27. The summed E-state index contributed by atoms with van der Waals surface area (Å²) < 4.78 is 29.3. The molecule has 0 fully saturated rings. The number of sulfonamides is 1. The number of nitrogens with zero attached hydrogens (tertiary/aromatic N) is 2. The van der Waals surface area contributed by atoms with Crippen LogP contribution in [0.25, 0.3) is 0 Å². The number of carbonyl (C=O) groups is 2. The van der Waals surface area contributed by atoms with Crippen LogP contribution in [0.15, 0.2) is 114 Å². The summed E-state index contributed by atoms with van der Waals surface area (Å²) in [6, 6.07) is 30.8. The Morgan fingerprint density at radius 1 is 0.841 bits per heavy atom. The molecule has 0 saturated carbocycles. The second-order valence-corrected chi connectivity index (χ2v) is 13.1. The Kier molecular flexibility index (Phi) is 11.2. The van der Waals surface area contributed by atoms with E-state index in [1.807, 2.05) is 74.5 Å². The molecule has 0 aromatic heterocycles. The van der Waals surface area contributed by atoms with Crippen molar-refractivity contribution in [1.82, 2.24) is 10.2 Å². The second kappa shape index (κ2) is 15.0. The van der Waals surface area contributed by atoms with Gasteiger partial charge in [0.15, 0.2) is 0 Å². The maximum atomic E-state index is 14.5. The zero-order valence-corrected chi connectivity index (χ0v) is 26.8. The molecule has 2 atom stereocenters. The molecule has 0 aliphatic carbocycles. The maximum Gasteiger partial charge on any atom is 0.264 e. The van der Waals surface area contributed by atoms with E-state index in [0.717, 1.165) is 15.4 Å². The van der Waals surface area contributed by atoms with Crippen LogP contribution in [0.2, 0.25) is 5.02 Å². The number of halogens is 1. The standard InChI is InChI=1S/C35H38ClN3O4S/c1-4-27(3)37-35(41)33(22-28-14-8-5-9-15-28)38(24-29-16-10-6-11-17-29)34(40)25-39(32-23-30(36)21-20-26(32)2)44(42,43)31-18-12-7-13-19-31/h5-21,23,27,33H,4,22,24-25H2,1-3H3,(H,37,41). The average molecular weight is 632 g/mol. The van der Waals surface area contributed by atoms with Crippen molar-refractivity contribution < 1.29 is 18.0 Å². The highest BCUT2D eigenvalue weighted by molar-refractivity contribution is 7.92. The van der Waals surface area contributed by atoms with Crippen LogP contribution in [0.3, 0.4) is 0 Å². The van der Waals surface area contributed by atoms with E-state index in [1.165, 1.54) is 17.0 Å². The summed E-state index contributed by atoms with van der Waals surface area (Å²) in [6.45, 7) is 5.23. The van der Waals surface area contributed by atoms with Crippen LogP contribution in [-0.2, 0) is 32.6 Å². The van der Waals surface area contributed by atoms with E-state index in [-0.39, 0.29) is 35.5 Å². The summed E-state index contributed by atoms with van der Waals surface area (Å²) >= 11 is 6.34. The largest absolute Gasteiger partial charge is 0.352 e. The van der Waals surface area contributed by atoms with Gasteiger partial charge in [-0.1, -0.05) is 103 Å². The number of hydrogen-bond acceptors (Lipinski definition) is 4. The minimum Gasteiger partial charge on any atom is -0.352 e. The Morgan fingerprint density at radius 2 is 1.41 bits per heavy atom. The fraction of sp³-hybridized carbons (Fsp3) is 0.257. The van der Waals surface area contributed by atoms with Crippen LogP contribution < -0.4 is 9.62 Å². The van der Waals surface area contributed by atoms with Crippen molar-refractivity contribution in [2.24, 2.45) is 0 Å². The van der Waals surface area contributed by atoms with E-state index in [4.69, 9.17) is 11.6 Å². The minimum atomic E-state index is -4.20. The molecule has 4 aromatic carbocycles. The molecule has 4 aromatic rings. The minimum absolute atomic E-state index is 0.0390. The van der Waals surface area contributed by atoms with Gasteiger partial charge in [-0.3, -0.25) is 13.9 Å². The molecule has 7 nitrogen and oxygen atoms in total. The molecule has 0 spiro atoms. The van der Waals surface area contributed by atoms with E-state index in [9.17, 15) is 18.0 Å². The molecule has 9 heteroatoms. The highest BCUT2D eigenvalue weighted by Gasteiger charge is 2.35. The van der Waals surface area contributed by atoms with Crippen LogP contribution >= 0.6 is 11.6 Å². The number of aryl methyl sites for hydroxylation is 1. The van der Waals surface area contributed by atoms with E-state index < -0.39 is 28.5 Å². The fourth-order valence-electron chi connectivity index (χ4n) is 4.86. The van der Waals surface area contributed by atoms with Crippen molar-refractivity contribution in [2.75, 3.05) is 10.8 Å².